The van der Waals surface area contributed by atoms with Crippen molar-refractivity contribution >= 4 is 17.8 Å². The molecule has 0 aliphatic carbocycles. The molecular formula is C13H16N2O5. The first-order chi connectivity index (χ1) is 9.52. The van der Waals surface area contributed by atoms with Crippen LogP contribution in [0.15, 0.2) is 24.3 Å². The smallest absolute Gasteiger partial charge is 0.307 e. The van der Waals surface area contributed by atoms with E-state index in [1.807, 2.05) is 0 Å². The first-order valence-corrected chi connectivity index (χ1v) is 5.89. The minimum Gasteiger partial charge on any atom is -0.484 e. The number of ether oxygens (including phenoxy) is 2. The minimum atomic E-state index is -0.574. The molecule has 0 bridgehead atoms. The van der Waals surface area contributed by atoms with Crippen LogP contribution < -0.4 is 15.8 Å². The van der Waals surface area contributed by atoms with E-state index >= 15 is 0 Å². The topological polar surface area (TPSA) is 108 Å². The molecule has 0 aliphatic heterocycles. The van der Waals surface area contributed by atoms with Crippen LogP contribution in [-0.4, -0.2) is 38.0 Å². The van der Waals surface area contributed by atoms with E-state index in [1.165, 1.54) is 7.11 Å². The predicted molar refractivity (Wildman–Crippen MR) is 70.1 cm³/mol. The molecule has 0 aliphatic rings. The number of hydrogen-bond acceptors (Lipinski definition) is 5. The number of nitrogens with two attached hydrogens (primary N) is 1. The van der Waals surface area contributed by atoms with Gasteiger partial charge in [-0.1, -0.05) is 0 Å². The molecule has 1 rings (SSSR count). The summed E-state index contributed by atoms with van der Waals surface area (Å²) in [6, 6.07) is 6.20. The molecule has 0 spiro atoms. The van der Waals surface area contributed by atoms with Gasteiger partial charge in [0.2, 0.25) is 0 Å². The van der Waals surface area contributed by atoms with Gasteiger partial charge < -0.3 is 20.5 Å². The number of benzene rings is 1. The number of carbonyl (C=O) groups excluding carboxylic acids is 3. The van der Waals surface area contributed by atoms with Gasteiger partial charge in [0.15, 0.2) is 6.61 Å². The highest BCUT2D eigenvalue weighted by atomic mass is 16.5. The van der Waals surface area contributed by atoms with Gasteiger partial charge in [0.05, 0.1) is 13.5 Å². The van der Waals surface area contributed by atoms with Gasteiger partial charge in [-0.2, -0.15) is 0 Å². The molecule has 20 heavy (non-hydrogen) atoms. The lowest BCUT2D eigenvalue weighted by Gasteiger charge is -2.06. The van der Waals surface area contributed by atoms with Crippen molar-refractivity contribution < 1.29 is 23.9 Å². The summed E-state index contributed by atoms with van der Waals surface area (Å²) in [5, 5.41) is 2.58. The van der Waals surface area contributed by atoms with E-state index in [1.54, 1.807) is 24.3 Å². The molecule has 7 nitrogen and oxygen atoms in total. The van der Waals surface area contributed by atoms with Crippen molar-refractivity contribution in [3.05, 3.63) is 29.8 Å². The molecule has 0 unspecified atom stereocenters. The molecule has 1 aromatic rings. The lowest BCUT2D eigenvalue weighted by atomic mass is 10.2. The molecule has 2 amide bonds. The number of esters is 1. The first-order valence-electron chi connectivity index (χ1n) is 5.89. The third-order valence-corrected chi connectivity index (χ3v) is 2.34. The zero-order valence-electron chi connectivity index (χ0n) is 11.0. The Hall–Kier alpha value is -2.57. The highest BCUT2D eigenvalue weighted by Crippen LogP contribution is 2.11. The second-order valence-corrected chi connectivity index (χ2v) is 3.86. The van der Waals surface area contributed by atoms with Crippen LogP contribution in [0.5, 0.6) is 5.75 Å². The van der Waals surface area contributed by atoms with E-state index in [0.717, 1.165) is 0 Å². The standard InChI is InChI=1S/C13H16N2O5/c1-19-12(17)6-7-15-13(18)9-2-4-10(5-3-9)20-8-11(14)16/h2-5H,6-8H2,1H3,(H2,14,16)(H,15,18). The molecule has 7 heteroatoms. The van der Waals surface area contributed by atoms with E-state index in [0.29, 0.717) is 11.3 Å². The van der Waals surface area contributed by atoms with Crippen LogP contribution in [0.25, 0.3) is 0 Å². The number of carbonyl (C=O) groups is 3. The number of rotatable bonds is 7. The molecule has 0 aromatic heterocycles. The number of nitrogens with one attached hydrogen (secondary N) is 1. The summed E-state index contributed by atoms with van der Waals surface area (Å²) in [5.41, 5.74) is 5.36. The van der Waals surface area contributed by atoms with Crippen molar-refractivity contribution in [3.8, 4) is 5.75 Å². The van der Waals surface area contributed by atoms with Crippen LogP contribution in [0.4, 0.5) is 0 Å². The van der Waals surface area contributed by atoms with Crippen LogP contribution in [0.1, 0.15) is 16.8 Å². The van der Waals surface area contributed by atoms with Crippen molar-refractivity contribution in [2.45, 2.75) is 6.42 Å². The Labute approximate surface area is 116 Å². The lowest BCUT2D eigenvalue weighted by molar-refractivity contribution is -0.140. The molecule has 0 fully saturated rings. The average Bonchev–Trinajstić information content (AvgIpc) is 2.45. The Kier molecular flexibility index (Phi) is 6.02. The highest BCUT2D eigenvalue weighted by molar-refractivity contribution is 5.94. The van der Waals surface area contributed by atoms with Gasteiger partial charge in [-0.05, 0) is 24.3 Å². The third-order valence-electron chi connectivity index (χ3n) is 2.34. The fraction of sp³-hybridized carbons (Fsp3) is 0.308. The molecule has 0 radical (unpaired) electrons. The van der Waals surface area contributed by atoms with Crippen LogP contribution in [-0.2, 0) is 14.3 Å². The third kappa shape index (κ3) is 5.38. The van der Waals surface area contributed by atoms with Crippen LogP contribution >= 0.6 is 0 Å². The zero-order valence-corrected chi connectivity index (χ0v) is 11.0. The SMILES string of the molecule is COC(=O)CCNC(=O)c1ccc(OCC(N)=O)cc1. The Morgan fingerprint density at radius 2 is 1.85 bits per heavy atom. The van der Waals surface area contributed by atoms with Gasteiger partial charge in [0.25, 0.3) is 11.8 Å². The Balaban J connectivity index is 2.44. The number of methoxy groups -OCH3 is 1. The Morgan fingerprint density at radius 3 is 2.40 bits per heavy atom. The Bertz CT molecular complexity index is 484. The van der Waals surface area contributed by atoms with Crippen molar-refractivity contribution in [1.29, 1.82) is 0 Å². The zero-order chi connectivity index (χ0) is 15.0. The van der Waals surface area contributed by atoms with Crippen molar-refractivity contribution in [3.63, 3.8) is 0 Å². The number of amides is 2. The van der Waals surface area contributed by atoms with Gasteiger partial charge in [0, 0.05) is 12.1 Å². The molecule has 0 atom stereocenters. The molecule has 0 saturated heterocycles. The van der Waals surface area contributed by atoms with E-state index in [4.69, 9.17) is 10.5 Å². The molecule has 0 heterocycles. The van der Waals surface area contributed by atoms with Crippen LogP contribution in [0.2, 0.25) is 0 Å². The molecule has 3 N–H and O–H groups in total. The van der Waals surface area contributed by atoms with E-state index in [-0.39, 0.29) is 31.4 Å². The highest BCUT2D eigenvalue weighted by Gasteiger charge is 2.07. The minimum absolute atomic E-state index is 0.113. The predicted octanol–water partition coefficient (Wildman–Crippen LogP) is -0.156. The molecule has 0 saturated carbocycles. The van der Waals surface area contributed by atoms with Gasteiger partial charge >= 0.3 is 5.97 Å². The van der Waals surface area contributed by atoms with E-state index in [9.17, 15) is 14.4 Å². The number of primary amides is 1. The Morgan fingerprint density at radius 1 is 1.20 bits per heavy atom. The van der Waals surface area contributed by atoms with Gasteiger partial charge in [0.1, 0.15) is 5.75 Å². The second kappa shape index (κ2) is 7.78. The van der Waals surface area contributed by atoms with Gasteiger partial charge in [-0.3, -0.25) is 14.4 Å². The summed E-state index contributed by atoms with van der Waals surface area (Å²) in [6.45, 7) is -0.0178. The maximum Gasteiger partial charge on any atom is 0.307 e. The monoisotopic (exact) mass is 280 g/mol. The molecule has 1 aromatic carbocycles. The maximum absolute atomic E-state index is 11.7. The summed E-state index contributed by atoms with van der Waals surface area (Å²) in [6.07, 6.45) is 0.113. The first kappa shape index (κ1) is 15.5. The van der Waals surface area contributed by atoms with Crippen LogP contribution in [0.3, 0.4) is 0 Å². The van der Waals surface area contributed by atoms with Gasteiger partial charge in [-0.15, -0.1) is 0 Å². The van der Waals surface area contributed by atoms with Crippen molar-refractivity contribution in [1.82, 2.24) is 5.32 Å². The maximum atomic E-state index is 11.7. The molecule has 108 valence electrons. The largest absolute Gasteiger partial charge is 0.484 e. The summed E-state index contributed by atoms with van der Waals surface area (Å²) in [7, 11) is 1.29. The summed E-state index contributed by atoms with van der Waals surface area (Å²) < 4.78 is 9.52. The normalized spacial score (nSPS) is 9.65. The fourth-order valence-electron chi connectivity index (χ4n) is 1.34. The van der Waals surface area contributed by atoms with E-state index < -0.39 is 5.91 Å². The van der Waals surface area contributed by atoms with Crippen LogP contribution in [0, 0.1) is 0 Å². The van der Waals surface area contributed by atoms with Gasteiger partial charge in [-0.25, -0.2) is 0 Å². The van der Waals surface area contributed by atoms with Crippen molar-refractivity contribution in [2.75, 3.05) is 20.3 Å². The van der Waals surface area contributed by atoms with Crippen molar-refractivity contribution in [2.24, 2.45) is 5.73 Å². The second-order valence-electron chi connectivity index (χ2n) is 3.86. The summed E-state index contributed by atoms with van der Waals surface area (Å²) in [4.78, 5) is 33.1. The number of hydrogen-bond donors (Lipinski definition) is 2. The quantitative estimate of drug-likeness (QED) is 0.675. The lowest BCUT2D eigenvalue weighted by Crippen LogP contribution is -2.26. The summed E-state index contributed by atoms with van der Waals surface area (Å²) >= 11 is 0. The average molecular weight is 280 g/mol. The van der Waals surface area contributed by atoms with E-state index in [2.05, 4.69) is 10.1 Å². The summed E-state index contributed by atoms with van der Waals surface area (Å²) in [5.74, 6) is -0.833. The molecular weight excluding hydrogens is 264 g/mol. The fourth-order valence-corrected chi connectivity index (χ4v) is 1.34.